The van der Waals surface area contributed by atoms with E-state index in [0.29, 0.717) is 5.88 Å². The number of fused-ring (bicyclic) bond motifs is 1. The molecule has 5 heteroatoms. The van der Waals surface area contributed by atoms with Crippen LogP contribution in [-0.2, 0) is 17.7 Å². The lowest BCUT2D eigenvalue weighted by molar-refractivity contribution is -0.129. The number of benzene rings is 1. The van der Waals surface area contributed by atoms with Gasteiger partial charge in [0, 0.05) is 42.5 Å². The Morgan fingerprint density at radius 2 is 2.19 bits per heavy atom. The molecule has 0 N–H and O–H groups in total. The summed E-state index contributed by atoms with van der Waals surface area (Å²) in [5.41, 5.74) is 2.21. The van der Waals surface area contributed by atoms with E-state index < -0.39 is 0 Å². The maximum absolute atomic E-state index is 6.24. The molecule has 21 heavy (non-hydrogen) atoms. The Hall–Kier alpha value is -0.480. The first-order valence-electron chi connectivity index (χ1n) is 7.37. The van der Waals surface area contributed by atoms with Gasteiger partial charge in [-0.2, -0.15) is 0 Å². The van der Waals surface area contributed by atoms with E-state index in [-0.39, 0.29) is 11.7 Å². The molecular formula is C16H21Cl2NO2. The number of nitrogens with zero attached hydrogens (tertiary/aromatic N) is 1. The zero-order chi connectivity index (χ0) is 15.0. The first kappa shape index (κ1) is 15.4. The minimum atomic E-state index is -0.180. The summed E-state index contributed by atoms with van der Waals surface area (Å²) in [5.74, 6) is 1.54. The van der Waals surface area contributed by atoms with Crippen LogP contribution in [0.15, 0.2) is 12.1 Å². The first-order chi connectivity index (χ1) is 9.97. The van der Waals surface area contributed by atoms with Crippen LogP contribution in [0.1, 0.15) is 25.0 Å². The predicted molar refractivity (Wildman–Crippen MR) is 85.6 cm³/mol. The minimum absolute atomic E-state index is 0.0727. The fourth-order valence-corrected chi connectivity index (χ4v) is 3.75. The lowest BCUT2D eigenvalue weighted by atomic mass is 10.0. The van der Waals surface area contributed by atoms with Crippen molar-refractivity contribution in [3.8, 4) is 5.75 Å². The molecular weight excluding hydrogens is 309 g/mol. The molecule has 1 saturated heterocycles. The number of halogens is 2. The van der Waals surface area contributed by atoms with E-state index in [1.54, 1.807) is 0 Å². The Morgan fingerprint density at radius 3 is 2.95 bits per heavy atom. The van der Waals surface area contributed by atoms with Gasteiger partial charge in [-0.1, -0.05) is 11.6 Å². The Bertz CT molecular complexity index is 533. The van der Waals surface area contributed by atoms with Crippen molar-refractivity contribution in [3.05, 3.63) is 28.3 Å². The molecule has 2 heterocycles. The molecule has 1 atom stereocenters. The van der Waals surface area contributed by atoms with E-state index in [4.69, 9.17) is 32.7 Å². The highest BCUT2D eigenvalue weighted by Gasteiger charge is 2.33. The van der Waals surface area contributed by atoms with Gasteiger partial charge in [-0.25, -0.2) is 0 Å². The van der Waals surface area contributed by atoms with Gasteiger partial charge in [-0.15, -0.1) is 11.6 Å². The molecule has 3 nitrogen and oxygen atoms in total. The Morgan fingerprint density at radius 1 is 1.38 bits per heavy atom. The third-order valence-electron chi connectivity index (χ3n) is 3.94. The third-order valence-corrected chi connectivity index (χ3v) is 4.51. The zero-order valence-corrected chi connectivity index (χ0v) is 14.0. The van der Waals surface area contributed by atoms with Crippen LogP contribution in [0.5, 0.6) is 5.75 Å². The Kier molecular flexibility index (Phi) is 4.37. The van der Waals surface area contributed by atoms with E-state index >= 15 is 0 Å². The number of alkyl halides is 1. The topological polar surface area (TPSA) is 21.7 Å². The molecule has 1 aromatic rings. The smallest absolute Gasteiger partial charge is 0.127 e. The van der Waals surface area contributed by atoms with Gasteiger partial charge in [-0.3, -0.25) is 4.90 Å². The van der Waals surface area contributed by atoms with Gasteiger partial charge in [0.15, 0.2) is 0 Å². The fraction of sp³-hybridized carbons (Fsp3) is 0.625. The summed E-state index contributed by atoms with van der Waals surface area (Å²) >= 11 is 12.2. The van der Waals surface area contributed by atoms with Gasteiger partial charge in [-0.05, 0) is 31.5 Å². The van der Waals surface area contributed by atoms with Crippen molar-refractivity contribution in [2.75, 3.05) is 25.6 Å². The molecule has 2 aliphatic heterocycles. The van der Waals surface area contributed by atoms with Crippen LogP contribution in [0.2, 0.25) is 5.02 Å². The van der Waals surface area contributed by atoms with Crippen molar-refractivity contribution in [1.29, 1.82) is 0 Å². The summed E-state index contributed by atoms with van der Waals surface area (Å²) in [6.45, 7) is 7.51. The van der Waals surface area contributed by atoms with Crippen LogP contribution in [0.3, 0.4) is 0 Å². The van der Waals surface area contributed by atoms with Gasteiger partial charge in [0.25, 0.3) is 0 Å². The molecule has 1 aromatic carbocycles. The highest BCUT2D eigenvalue weighted by atomic mass is 35.5. The summed E-state index contributed by atoms with van der Waals surface area (Å²) in [5, 5.41) is 0.788. The number of rotatable bonds is 3. The summed E-state index contributed by atoms with van der Waals surface area (Å²) in [7, 11) is 0. The van der Waals surface area contributed by atoms with Gasteiger partial charge in [0.05, 0.1) is 18.3 Å². The lowest BCUT2D eigenvalue weighted by Crippen LogP contribution is -2.52. The fourth-order valence-electron chi connectivity index (χ4n) is 3.32. The average molecular weight is 330 g/mol. The van der Waals surface area contributed by atoms with Crippen molar-refractivity contribution in [3.63, 3.8) is 0 Å². The highest BCUT2D eigenvalue weighted by molar-refractivity contribution is 6.30. The number of morpholine rings is 1. The molecule has 0 radical (unpaired) electrons. The SMILES string of the molecule is CC1(C)CN(Cc2cc(Cl)cc3c2OCC3)CC(CCl)O1. The normalized spacial score (nSPS) is 24.7. The van der Waals surface area contributed by atoms with Crippen molar-refractivity contribution >= 4 is 23.2 Å². The van der Waals surface area contributed by atoms with Gasteiger partial charge in [0.1, 0.15) is 5.75 Å². The molecule has 0 spiro atoms. The van der Waals surface area contributed by atoms with Crippen LogP contribution in [0.4, 0.5) is 0 Å². The molecule has 0 bridgehead atoms. The summed E-state index contributed by atoms with van der Waals surface area (Å²) in [6.07, 6.45) is 1.02. The highest BCUT2D eigenvalue weighted by Crippen LogP contribution is 2.34. The summed E-state index contributed by atoms with van der Waals surface area (Å²) in [4.78, 5) is 2.38. The molecule has 3 rings (SSSR count). The van der Waals surface area contributed by atoms with Gasteiger partial charge in [0.2, 0.25) is 0 Å². The third kappa shape index (κ3) is 3.48. The number of hydrogen-bond acceptors (Lipinski definition) is 3. The molecule has 0 saturated carbocycles. The average Bonchev–Trinajstić information content (AvgIpc) is 2.84. The number of hydrogen-bond donors (Lipinski definition) is 0. The molecule has 1 unspecified atom stereocenters. The largest absolute Gasteiger partial charge is 0.493 e. The van der Waals surface area contributed by atoms with Crippen LogP contribution < -0.4 is 4.74 Å². The standard InChI is InChI=1S/C16H21Cl2NO2/c1-16(2)10-19(9-14(7-17)21-16)8-12-6-13(18)5-11-3-4-20-15(11)12/h5-6,14H,3-4,7-10H2,1-2H3. The minimum Gasteiger partial charge on any atom is -0.493 e. The quantitative estimate of drug-likeness (QED) is 0.792. The zero-order valence-electron chi connectivity index (χ0n) is 12.5. The Balaban J connectivity index is 1.80. The molecule has 116 valence electrons. The molecule has 0 aliphatic carbocycles. The molecule has 0 amide bonds. The maximum atomic E-state index is 6.24. The second kappa shape index (κ2) is 5.96. The number of ether oxygens (including phenoxy) is 2. The summed E-state index contributed by atoms with van der Waals surface area (Å²) in [6, 6.07) is 4.03. The van der Waals surface area contributed by atoms with Crippen LogP contribution in [0.25, 0.3) is 0 Å². The van der Waals surface area contributed by atoms with Crippen LogP contribution >= 0.6 is 23.2 Å². The van der Waals surface area contributed by atoms with Crippen molar-refractivity contribution in [2.45, 2.75) is 38.5 Å². The summed E-state index contributed by atoms with van der Waals surface area (Å²) < 4.78 is 11.8. The van der Waals surface area contributed by atoms with E-state index in [1.165, 1.54) is 11.1 Å². The van der Waals surface area contributed by atoms with Crippen LogP contribution in [0, 0.1) is 0 Å². The van der Waals surface area contributed by atoms with Crippen molar-refractivity contribution in [1.82, 2.24) is 4.90 Å². The Labute approximate surface area is 136 Å². The molecule has 2 aliphatic rings. The van der Waals surface area contributed by atoms with E-state index in [2.05, 4.69) is 18.7 Å². The molecule has 0 aromatic heterocycles. The van der Waals surface area contributed by atoms with Crippen molar-refractivity contribution < 1.29 is 9.47 Å². The van der Waals surface area contributed by atoms with E-state index in [0.717, 1.165) is 43.4 Å². The van der Waals surface area contributed by atoms with E-state index in [9.17, 15) is 0 Å². The second-order valence-electron chi connectivity index (χ2n) is 6.48. The van der Waals surface area contributed by atoms with Crippen LogP contribution in [-0.4, -0.2) is 42.2 Å². The van der Waals surface area contributed by atoms with E-state index in [1.807, 2.05) is 12.1 Å². The van der Waals surface area contributed by atoms with Gasteiger partial charge >= 0.3 is 0 Å². The van der Waals surface area contributed by atoms with Gasteiger partial charge < -0.3 is 9.47 Å². The van der Waals surface area contributed by atoms with Crippen molar-refractivity contribution in [2.24, 2.45) is 0 Å². The second-order valence-corrected chi connectivity index (χ2v) is 7.22. The first-order valence-corrected chi connectivity index (χ1v) is 8.28. The monoisotopic (exact) mass is 329 g/mol. The molecule has 1 fully saturated rings. The lowest BCUT2D eigenvalue weighted by Gasteiger charge is -2.42. The predicted octanol–water partition coefficient (Wildman–Crippen LogP) is 3.49. The maximum Gasteiger partial charge on any atom is 0.127 e.